The van der Waals surface area contributed by atoms with Crippen molar-refractivity contribution in [3.63, 3.8) is 0 Å². The van der Waals surface area contributed by atoms with Gasteiger partial charge in [-0.3, -0.25) is 14.5 Å². The third-order valence-corrected chi connectivity index (χ3v) is 5.64. The molecule has 5 nitrogen and oxygen atoms in total. The summed E-state index contributed by atoms with van der Waals surface area (Å²) >= 11 is 0. The van der Waals surface area contributed by atoms with Crippen LogP contribution in [0.15, 0.2) is 72.8 Å². The van der Waals surface area contributed by atoms with Crippen molar-refractivity contribution in [1.29, 1.82) is 0 Å². The van der Waals surface area contributed by atoms with E-state index in [4.69, 9.17) is 0 Å². The Morgan fingerprint density at radius 2 is 1.70 bits per heavy atom. The van der Waals surface area contributed by atoms with Gasteiger partial charge in [-0.1, -0.05) is 73.7 Å². The normalized spacial score (nSPS) is 17.7. The number of hydrogen-bond donors (Lipinski definition) is 2. The molecule has 30 heavy (non-hydrogen) atoms. The van der Waals surface area contributed by atoms with Crippen molar-refractivity contribution in [2.24, 2.45) is 0 Å². The number of nitrogens with zero attached hydrogens (tertiary/aromatic N) is 1. The molecule has 1 aliphatic rings. The third-order valence-electron chi connectivity index (χ3n) is 5.64. The predicted octanol–water partition coefficient (Wildman–Crippen LogP) is 3.78. The monoisotopic (exact) mass is 400 g/mol. The van der Waals surface area contributed by atoms with E-state index < -0.39 is 11.5 Å². The molecule has 4 rings (SSSR count). The number of benzene rings is 3. The summed E-state index contributed by atoms with van der Waals surface area (Å²) in [5, 5.41) is 14.4. The Morgan fingerprint density at radius 1 is 1.00 bits per heavy atom. The quantitative estimate of drug-likeness (QED) is 0.685. The first-order valence-corrected chi connectivity index (χ1v) is 10.0. The molecule has 2 amide bonds. The average Bonchev–Trinajstić information content (AvgIpc) is 2.98. The lowest BCUT2D eigenvalue weighted by atomic mass is 9.88. The lowest BCUT2D eigenvalue weighted by Crippen LogP contribution is -2.44. The van der Waals surface area contributed by atoms with Gasteiger partial charge in [0.1, 0.15) is 6.54 Å². The van der Waals surface area contributed by atoms with Gasteiger partial charge < -0.3 is 10.4 Å². The van der Waals surface area contributed by atoms with Gasteiger partial charge in [0.05, 0.1) is 5.69 Å². The second-order valence-corrected chi connectivity index (χ2v) is 7.50. The number of aliphatic hydroxyl groups is 1. The number of para-hydroxylation sites is 2. The van der Waals surface area contributed by atoms with E-state index >= 15 is 0 Å². The molecule has 0 aromatic heterocycles. The molecule has 0 saturated heterocycles. The van der Waals surface area contributed by atoms with Crippen molar-refractivity contribution in [2.45, 2.75) is 25.9 Å². The molecule has 152 valence electrons. The van der Waals surface area contributed by atoms with Gasteiger partial charge in [0, 0.05) is 11.3 Å². The molecule has 1 unspecified atom stereocenters. The molecular weight excluding hydrogens is 376 g/mol. The Hall–Kier alpha value is -3.44. The van der Waals surface area contributed by atoms with E-state index in [1.807, 2.05) is 38.1 Å². The van der Waals surface area contributed by atoms with Gasteiger partial charge in [0.15, 0.2) is 5.60 Å². The molecule has 3 aromatic rings. The van der Waals surface area contributed by atoms with Crippen molar-refractivity contribution in [1.82, 2.24) is 0 Å². The summed E-state index contributed by atoms with van der Waals surface area (Å²) < 4.78 is 0. The topological polar surface area (TPSA) is 69.6 Å². The second kappa shape index (κ2) is 7.76. The molecule has 3 aromatic carbocycles. The van der Waals surface area contributed by atoms with Crippen LogP contribution in [0.25, 0.3) is 0 Å². The Kier molecular flexibility index (Phi) is 5.14. The van der Waals surface area contributed by atoms with Crippen LogP contribution in [-0.4, -0.2) is 23.5 Å². The average molecular weight is 400 g/mol. The summed E-state index contributed by atoms with van der Waals surface area (Å²) in [5.41, 5.74) is 2.49. The summed E-state index contributed by atoms with van der Waals surface area (Å²) in [5.74, 6) is -0.829. The highest BCUT2D eigenvalue weighted by molar-refractivity contribution is 6.12. The zero-order chi connectivity index (χ0) is 21.3. The van der Waals surface area contributed by atoms with E-state index in [2.05, 4.69) is 5.32 Å². The van der Waals surface area contributed by atoms with Gasteiger partial charge in [0.2, 0.25) is 5.91 Å². The highest BCUT2D eigenvalue weighted by Gasteiger charge is 2.51. The van der Waals surface area contributed by atoms with Gasteiger partial charge >= 0.3 is 0 Å². The Bertz CT molecular complexity index is 1110. The van der Waals surface area contributed by atoms with Crippen LogP contribution in [0.4, 0.5) is 11.4 Å². The molecule has 0 radical (unpaired) electrons. The Balaban J connectivity index is 1.66. The standard InChI is InChI=1S/C25H24N2O3/c1-3-18-11-9-10-17(2)23(18)26-22(28)16-27-21-15-8-7-14-20(21)25(30,24(27)29)19-12-5-4-6-13-19/h4-15,30H,3,16H2,1-2H3,(H,26,28). The maximum atomic E-state index is 13.4. The van der Waals surface area contributed by atoms with Crippen LogP contribution in [0.5, 0.6) is 0 Å². The van der Waals surface area contributed by atoms with Gasteiger partial charge in [-0.25, -0.2) is 0 Å². The number of rotatable bonds is 5. The molecule has 2 N–H and O–H groups in total. The van der Waals surface area contributed by atoms with E-state index in [-0.39, 0.29) is 12.5 Å². The maximum Gasteiger partial charge on any atom is 0.268 e. The van der Waals surface area contributed by atoms with Crippen LogP contribution >= 0.6 is 0 Å². The summed E-state index contributed by atoms with van der Waals surface area (Å²) in [4.78, 5) is 27.6. The largest absolute Gasteiger partial charge is 0.372 e. The fraction of sp³-hybridized carbons (Fsp3) is 0.200. The van der Waals surface area contributed by atoms with Crippen LogP contribution in [0.3, 0.4) is 0 Å². The molecule has 0 fully saturated rings. The minimum absolute atomic E-state index is 0.178. The number of anilines is 2. The minimum Gasteiger partial charge on any atom is -0.372 e. The lowest BCUT2D eigenvalue weighted by molar-refractivity contribution is -0.133. The van der Waals surface area contributed by atoms with E-state index in [1.165, 1.54) is 4.90 Å². The van der Waals surface area contributed by atoms with Crippen molar-refractivity contribution in [3.05, 3.63) is 95.1 Å². The first-order valence-electron chi connectivity index (χ1n) is 10.0. The molecule has 0 aliphatic carbocycles. The Morgan fingerprint density at radius 3 is 2.43 bits per heavy atom. The van der Waals surface area contributed by atoms with Gasteiger partial charge in [-0.05, 0) is 36.1 Å². The third kappa shape index (κ3) is 3.17. The molecule has 1 atom stereocenters. The van der Waals surface area contributed by atoms with Crippen molar-refractivity contribution in [2.75, 3.05) is 16.8 Å². The SMILES string of the molecule is CCc1cccc(C)c1NC(=O)CN1C(=O)C(O)(c2ccccc2)c2ccccc21. The van der Waals surface area contributed by atoms with Gasteiger partial charge in [-0.15, -0.1) is 0 Å². The van der Waals surface area contributed by atoms with Crippen LogP contribution in [0.2, 0.25) is 0 Å². The zero-order valence-corrected chi connectivity index (χ0v) is 17.1. The number of carbonyl (C=O) groups is 2. The molecule has 1 heterocycles. The van der Waals surface area contributed by atoms with Crippen molar-refractivity contribution >= 4 is 23.2 Å². The van der Waals surface area contributed by atoms with Crippen molar-refractivity contribution in [3.8, 4) is 0 Å². The summed E-state index contributed by atoms with van der Waals surface area (Å²) in [6.07, 6.45) is 0.788. The smallest absolute Gasteiger partial charge is 0.268 e. The molecule has 0 bridgehead atoms. The molecule has 1 aliphatic heterocycles. The number of nitrogens with one attached hydrogen (secondary N) is 1. The summed E-state index contributed by atoms with van der Waals surface area (Å²) in [6.45, 7) is 3.80. The number of aryl methyl sites for hydroxylation is 2. The molecule has 0 saturated carbocycles. The first-order chi connectivity index (χ1) is 14.5. The number of fused-ring (bicyclic) bond motifs is 1. The summed E-state index contributed by atoms with van der Waals surface area (Å²) in [7, 11) is 0. The van der Waals surface area contributed by atoms with E-state index in [1.54, 1.807) is 48.5 Å². The highest BCUT2D eigenvalue weighted by atomic mass is 16.3. The predicted molar refractivity (Wildman–Crippen MR) is 117 cm³/mol. The van der Waals surface area contributed by atoms with Crippen LogP contribution in [0, 0.1) is 6.92 Å². The fourth-order valence-electron chi connectivity index (χ4n) is 4.07. The lowest BCUT2D eigenvalue weighted by Gasteiger charge is -2.23. The van der Waals surface area contributed by atoms with Crippen LogP contribution in [-0.2, 0) is 21.6 Å². The van der Waals surface area contributed by atoms with E-state index in [9.17, 15) is 14.7 Å². The van der Waals surface area contributed by atoms with E-state index in [0.29, 0.717) is 16.8 Å². The van der Waals surface area contributed by atoms with Crippen LogP contribution in [0.1, 0.15) is 29.2 Å². The molecule has 5 heteroatoms. The van der Waals surface area contributed by atoms with Gasteiger partial charge in [0.25, 0.3) is 5.91 Å². The van der Waals surface area contributed by atoms with Crippen molar-refractivity contribution < 1.29 is 14.7 Å². The highest BCUT2D eigenvalue weighted by Crippen LogP contribution is 2.44. The van der Waals surface area contributed by atoms with Gasteiger partial charge in [-0.2, -0.15) is 0 Å². The first kappa shape index (κ1) is 19.9. The molecule has 0 spiro atoms. The number of amides is 2. The zero-order valence-electron chi connectivity index (χ0n) is 17.1. The Labute approximate surface area is 176 Å². The number of carbonyl (C=O) groups excluding carboxylic acids is 2. The summed E-state index contributed by atoms with van der Waals surface area (Å²) in [6, 6.07) is 21.8. The van der Waals surface area contributed by atoms with Crippen LogP contribution < -0.4 is 10.2 Å². The minimum atomic E-state index is -1.81. The fourth-order valence-corrected chi connectivity index (χ4v) is 4.07. The second-order valence-electron chi connectivity index (χ2n) is 7.50. The number of hydrogen-bond acceptors (Lipinski definition) is 3. The maximum absolute atomic E-state index is 13.4. The van der Waals surface area contributed by atoms with E-state index in [0.717, 1.165) is 23.2 Å². The molecular formula is C25H24N2O3.